The van der Waals surface area contributed by atoms with E-state index >= 15 is 0 Å². The lowest BCUT2D eigenvalue weighted by molar-refractivity contribution is -0.142. The van der Waals surface area contributed by atoms with Gasteiger partial charge in [0.1, 0.15) is 5.75 Å². The summed E-state index contributed by atoms with van der Waals surface area (Å²) in [6.45, 7) is 8.20. The van der Waals surface area contributed by atoms with Crippen LogP contribution >= 0.6 is 0 Å². The van der Waals surface area contributed by atoms with E-state index in [1.165, 1.54) is 12.7 Å². The largest absolute Gasteiger partial charge is 0.481 e. The maximum absolute atomic E-state index is 12.4. The number of aromatic nitrogens is 1. The first-order valence-corrected chi connectivity index (χ1v) is 8.40. The first-order chi connectivity index (χ1) is 11.9. The van der Waals surface area contributed by atoms with Crippen molar-refractivity contribution in [1.82, 2.24) is 4.57 Å². The van der Waals surface area contributed by atoms with Crippen molar-refractivity contribution in [1.29, 1.82) is 0 Å². The first-order valence-electron chi connectivity index (χ1n) is 8.40. The summed E-state index contributed by atoms with van der Waals surface area (Å²) in [7, 11) is 1.32. The maximum Gasteiger partial charge on any atom is 0.343 e. The van der Waals surface area contributed by atoms with Crippen LogP contribution in [0.5, 0.6) is 5.75 Å². The summed E-state index contributed by atoms with van der Waals surface area (Å²) in [5.41, 5.74) is 3.80. The number of ketones is 1. The zero-order chi connectivity index (χ0) is 18.6. The van der Waals surface area contributed by atoms with Crippen LogP contribution in [0.3, 0.4) is 0 Å². The number of carbonyl (C=O) groups is 2. The van der Waals surface area contributed by atoms with Gasteiger partial charge in [-0.1, -0.05) is 24.6 Å². The molecule has 0 bridgehead atoms. The fraction of sp³-hybridized carbons (Fsp3) is 0.400. The number of methoxy groups -OCH3 is 1. The van der Waals surface area contributed by atoms with Gasteiger partial charge in [-0.25, -0.2) is 4.79 Å². The highest BCUT2D eigenvalue weighted by Crippen LogP contribution is 2.35. The van der Waals surface area contributed by atoms with E-state index in [1.54, 1.807) is 13.0 Å². The number of benzene rings is 1. The molecule has 0 fully saturated rings. The Morgan fingerprint density at radius 2 is 1.96 bits per heavy atom. The van der Waals surface area contributed by atoms with Crippen LogP contribution in [0.4, 0.5) is 0 Å². The molecule has 0 radical (unpaired) electrons. The highest BCUT2D eigenvalue weighted by Gasteiger charge is 2.22. The third kappa shape index (κ3) is 3.76. The molecule has 134 valence electrons. The topological polar surface area (TPSA) is 57.5 Å². The molecule has 1 heterocycles. The van der Waals surface area contributed by atoms with Gasteiger partial charge in [-0.2, -0.15) is 0 Å². The van der Waals surface area contributed by atoms with Crippen molar-refractivity contribution in [3.63, 3.8) is 0 Å². The lowest BCUT2D eigenvalue weighted by Gasteiger charge is -2.11. The van der Waals surface area contributed by atoms with E-state index in [9.17, 15) is 9.59 Å². The average Bonchev–Trinajstić information content (AvgIpc) is 2.93. The molecular formula is C20H25NO4. The van der Waals surface area contributed by atoms with Crippen molar-refractivity contribution in [3.05, 3.63) is 41.1 Å². The normalized spacial score (nSPS) is 11.6. The van der Waals surface area contributed by atoms with Crippen molar-refractivity contribution in [2.45, 2.75) is 40.7 Å². The van der Waals surface area contributed by atoms with Gasteiger partial charge < -0.3 is 14.0 Å². The molecule has 0 spiro atoms. The maximum atomic E-state index is 12.4. The van der Waals surface area contributed by atoms with Gasteiger partial charge in [-0.3, -0.25) is 4.79 Å². The molecule has 1 aromatic carbocycles. The number of hydrogen-bond acceptors (Lipinski definition) is 4. The number of carbonyl (C=O) groups excluding carboxylic acids is 2. The first kappa shape index (κ1) is 18.8. The number of hydrogen-bond donors (Lipinski definition) is 0. The van der Waals surface area contributed by atoms with Crippen LogP contribution in [-0.4, -0.2) is 30.0 Å². The monoisotopic (exact) mass is 343 g/mol. The number of esters is 1. The zero-order valence-electron chi connectivity index (χ0n) is 15.5. The minimum atomic E-state index is -0.457. The van der Waals surface area contributed by atoms with Gasteiger partial charge in [0.2, 0.25) is 0 Å². The van der Waals surface area contributed by atoms with Crippen molar-refractivity contribution < 1.29 is 19.1 Å². The Morgan fingerprint density at radius 1 is 1.24 bits per heavy atom. The summed E-state index contributed by atoms with van der Waals surface area (Å²) in [5, 5.41) is 0.764. The number of Topliss-reactive ketones (excluding diaryl/α,β-unsaturated/α-hetero) is 1. The molecule has 0 amide bonds. The lowest BCUT2D eigenvalue weighted by atomic mass is 10.1. The van der Waals surface area contributed by atoms with Crippen LogP contribution in [0.1, 0.15) is 43.7 Å². The summed E-state index contributed by atoms with van der Waals surface area (Å²) in [4.78, 5) is 23.8. The van der Waals surface area contributed by atoms with Crippen molar-refractivity contribution in [3.8, 4) is 5.75 Å². The van der Waals surface area contributed by atoms with Crippen LogP contribution in [0.2, 0.25) is 0 Å². The average molecular weight is 343 g/mol. The second-order valence-corrected chi connectivity index (χ2v) is 5.97. The van der Waals surface area contributed by atoms with Crippen molar-refractivity contribution >= 4 is 22.7 Å². The minimum absolute atomic E-state index is 0.00662. The highest BCUT2D eigenvalue weighted by atomic mass is 16.6. The molecule has 0 saturated heterocycles. The summed E-state index contributed by atoms with van der Waals surface area (Å²) in [6.07, 6.45) is 2.80. The quantitative estimate of drug-likeness (QED) is 0.434. The molecule has 0 aliphatic carbocycles. The molecule has 5 nitrogen and oxygen atoms in total. The van der Waals surface area contributed by atoms with E-state index in [1.807, 2.05) is 26.0 Å². The highest BCUT2D eigenvalue weighted by molar-refractivity contribution is 6.10. The fourth-order valence-electron chi connectivity index (χ4n) is 3.00. The second kappa shape index (κ2) is 8.01. The SMILES string of the molecule is C/C=C(\C)Cn1c(CC)c(C(C)=O)c2c(OCC(=O)OC)cccc21. The molecule has 0 unspecified atom stereocenters. The Hall–Kier alpha value is -2.56. The predicted octanol–water partition coefficient (Wildman–Crippen LogP) is 3.92. The van der Waals surface area contributed by atoms with Crippen LogP contribution in [0.25, 0.3) is 10.9 Å². The molecule has 0 aliphatic rings. The van der Waals surface area contributed by atoms with Gasteiger partial charge >= 0.3 is 5.97 Å². The van der Waals surface area contributed by atoms with Gasteiger partial charge in [0.15, 0.2) is 12.4 Å². The Bertz CT molecular complexity index is 830. The van der Waals surface area contributed by atoms with E-state index < -0.39 is 5.97 Å². The van der Waals surface area contributed by atoms with E-state index in [4.69, 9.17) is 4.74 Å². The second-order valence-electron chi connectivity index (χ2n) is 5.97. The summed E-state index contributed by atoms with van der Waals surface area (Å²) >= 11 is 0. The van der Waals surface area contributed by atoms with Crippen LogP contribution in [-0.2, 0) is 22.5 Å². The number of fused-ring (bicyclic) bond motifs is 1. The number of nitrogens with zero attached hydrogens (tertiary/aromatic N) is 1. The molecule has 2 aromatic rings. The number of ether oxygens (including phenoxy) is 2. The molecule has 0 saturated carbocycles. The van der Waals surface area contributed by atoms with Gasteiger partial charge in [-0.15, -0.1) is 0 Å². The third-order valence-electron chi connectivity index (χ3n) is 4.32. The summed E-state index contributed by atoms with van der Waals surface area (Å²) in [6, 6.07) is 5.64. The predicted molar refractivity (Wildman–Crippen MR) is 98.3 cm³/mol. The molecule has 0 aliphatic heterocycles. The van der Waals surface area contributed by atoms with Gasteiger partial charge in [0.05, 0.1) is 18.0 Å². The van der Waals surface area contributed by atoms with E-state index in [0.717, 1.165) is 23.0 Å². The fourth-order valence-corrected chi connectivity index (χ4v) is 3.00. The van der Waals surface area contributed by atoms with Gasteiger partial charge in [-0.05, 0) is 39.3 Å². The van der Waals surface area contributed by atoms with E-state index in [2.05, 4.69) is 22.3 Å². The molecule has 0 N–H and O–H groups in total. The zero-order valence-corrected chi connectivity index (χ0v) is 15.5. The molecule has 5 heteroatoms. The van der Waals surface area contributed by atoms with Gasteiger partial charge in [0, 0.05) is 17.8 Å². The summed E-state index contributed by atoms with van der Waals surface area (Å²) < 4.78 is 12.4. The standard InChI is InChI=1S/C20H25NO4/c1-6-13(3)11-21-15(7-2)19(14(4)22)20-16(21)9-8-10-17(20)25-12-18(23)24-5/h6,8-10H,7,11-12H2,1-5H3/b13-6+. The molecule has 0 atom stereocenters. The minimum Gasteiger partial charge on any atom is -0.481 e. The molecule has 25 heavy (non-hydrogen) atoms. The molecule has 2 rings (SSSR count). The lowest BCUT2D eigenvalue weighted by Crippen LogP contribution is -2.12. The Labute approximate surface area is 148 Å². The van der Waals surface area contributed by atoms with Crippen molar-refractivity contribution in [2.75, 3.05) is 13.7 Å². The van der Waals surface area contributed by atoms with Crippen LogP contribution in [0, 0.1) is 0 Å². The number of rotatable bonds is 7. The van der Waals surface area contributed by atoms with Gasteiger partial charge in [0.25, 0.3) is 0 Å². The Balaban J connectivity index is 2.69. The van der Waals surface area contributed by atoms with Crippen LogP contribution < -0.4 is 4.74 Å². The smallest absolute Gasteiger partial charge is 0.343 e. The summed E-state index contributed by atoms with van der Waals surface area (Å²) in [5.74, 6) is 0.0637. The van der Waals surface area contributed by atoms with Crippen LogP contribution in [0.15, 0.2) is 29.8 Å². The Kier molecular flexibility index (Phi) is 6.02. The molecule has 1 aromatic heterocycles. The van der Waals surface area contributed by atoms with E-state index in [-0.39, 0.29) is 12.4 Å². The molecular weight excluding hydrogens is 318 g/mol. The van der Waals surface area contributed by atoms with E-state index in [0.29, 0.717) is 17.9 Å². The third-order valence-corrected chi connectivity index (χ3v) is 4.32. The number of allylic oxidation sites excluding steroid dienone is 2. The van der Waals surface area contributed by atoms with Crippen molar-refractivity contribution in [2.24, 2.45) is 0 Å². The Morgan fingerprint density at radius 3 is 2.52 bits per heavy atom.